The van der Waals surface area contributed by atoms with Crippen LogP contribution in [0.1, 0.15) is 35.3 Å². The first kappa shape index (κ1) is 22.4. The molecule has 3 aromatic carbocycles. The van der Waals surface area contributed by atoms with Gasteiger partial charge in [0.05, 0.1) is 11.5 Å². The van der Waals surface area contributed by atoms with Crippen molar-refractivity contribution in [1.82, 2.24) is 0 Å². The number of carbonyl (C=O) groups excluding carboxylic acids is 1. The van der Waals surface area contributed by atoms with Gasteiger partial charge in [0.1, 0.15) is 5.75 Å². The van der Waals surface area contributed by atoms with Gasteiger partial charge in [-0.1, -0.05) is 31.2 Å². The van der Waals surface area contributed by atoms with E-state index < -0.39 is 10.0 Å². The number of rotatable bonds is 8. The molecule has 3 aromatic rings. The fraction of sp³-hybridized carbons (Fsp3) is 0.208. The number of aryl methyl sites for hydroxylation is 2. The molecule has 7 heteroatoms. The second-order valence-electron chi connectivity index (χ2n) is 7.01. The highest BCUT2D eigenvalue weighted by atomic mass is 32.2. The molecule has 1 amide bonds. The van der Waals surface area contributed by atoms with Gasteiger partial charge in [0.15, 0.2) is 0 Å². The largest absolute Gasteiger partial charge is 0.494 e. The maximum atomic E-state index is 13.0. The van der Waals surface area contributed by atoms with Crippen LogP contribution in [0, 0.1) is 6.92 Å². The third-order valence-electron chi connectivity index (χ3n) is 4.80. The van der Waals surface area contributed by atoms with Crippen LogP contribution in [0.3, 0.4) is 0 Å². The van der Waals surface area contributed by atoms with Crippen LogP contribution in [0.5, 0.6) is 5.75 Å². The Morgan fingerprint density at radius 3 is 2.35 bits per heavy atom. The van der Waals surface area contributed by atoms with E-state index in [1.54, 1.807) is 43.3 Å². The van der Waals surface area contributed by atoms with Gasteiger partial charge in [-0.15, -0.1) is 0 Å². The highest BCUT2D eigenvalue weighted by Crippen LogP contribution is 2.24. The molecule has 6 nitrogen and oxygen atoms in total. The highest BCUT2D eigenvalue weighted by Gasteiger charge is 2.20. The van der Waals surface area contributed by atoms with Crippen LogP contribution in [-0.2, 0) is 16.4 Å². The predicted molar refractivity (Wildman–Crippen MR) is 123 cm³/mol. The molecule has 3 rings (SSSR count). The summed E-state index contributed by atoms with van der Waals surface area (Å²) in [6.07, 6.45) is 0.774. The van der Waals surface area contributed by atoms with Gasteiger partial charge in [0, 0.05) is 16.9 Å². The van der Waals surface area contributed by atoms with Crippen molar-refractivity contribution in [3.8, 4) is 5.75 Å². The standard InChI is InChI=1S/C24H26N2O4S/c1-4-18-8-6-7-9-22(18)25-24(27)19-11-10-17(3)23(16-19)31(28,29)26-20-12-14-21(15-13-20)30-5-2/h6-16,26H,4-5H2,1-3H3,(H,25,27). The first-order valence-corrected chi connectivity index (χ1v) is 11.6. The first-order chi connectivity index (χ1) is 14.8. The molecule has 0 saturated heterocycles. The average Bonchev–Trinajstić information content (AvgIpc) is 2.75. The molecule has 2 N–H and O–H groups in total. The third kappa shape index (κ3) is 5.44. The lowest BCUT2D eigenvalue weighted by atomic mass is 10.1. The molecule has 0 aliphatic heterocycles. The zero-order valence-electron chi connectivity index (χ0n) is 17.8. The number of hydrogen-bond acceptors (Lipinski definition) is 4. The second kappa shape index (κ2) is 9.66. The molecule has 31 heavy (non-hydrogen) atoms. The van der Waals surface area contributed by atoms with E-state index in [1.165, 1.54) is 6.07 Å². The van der Waals surface area contributed by atoms with Gasteiger partial charge in [-0.05, 0) is 73.9 Å². The smallest absolute Gasteiger partial charge is 0.262 e. The van der Waals surface area contributed by atoms with Crippen LogP contribution in [0.4, 0.5) is 11.4 Å². The quantitative estimate of drug-likeness (QED) is 0.518. The van der Waals surface area contributed by atoms with E-state index in [0.717, 1.165) is 12.0 Å². The van der Waals surface area contributed by atoms with Gasteiger partial charge >= 0.3 is 0 Å². The maximum Gasteiger partial charge on any atom is 0.262 e. The van der Waals surface area contributed by atoms with Gasteiger partial charge < -0.3 is 10.1 Å². The van der Waals surface area contributed by atoms with Crippen molar-refractivity contribution in [2.24, 2.45) is 0 Å². The zero-order valence-corrected chi connectivity index (χ0v) is 18.6. The van der Waals surface area contributed by atoms with Crippen molar-refractivity contribution in [2.75, 3.05) is 16.6 Å². The minimum Gasteiger partial charge on any atom is -0.494 e. The molecule has 0 aromatic heterocycles. The van der Waals surface area contributed by atoms with Gasteiger partial charge in [0.25, 0.3) is 15.9 Å². The molecule has 0 aliphatic carbocycles. The van der Waals surface area contributed by atoms with E-state index >= 15 is 0 Å². The SMILES string of the molecule is CCOc1ccc(NS(=O)(=O)c2cc(C(=O)Nc3ccccc3CC)ccc2C)cc1. The summed E-state index contributed by atoms with van der Waals surface area (Å²) in [5, 5.41) is 2.88. The molecular weight excluding hydrogens is 412 g/mol. The van der Waals surface area contributed by atoms with Crippen molar-refractivity contribution in [2.45, 2.75) is 32.1 Å². The first-order valence-electron chi connectivity index (χ1n) is 10.1. The Morgan fingerprint density at radius 2 is 1.68 bits per heavy atom. The van der Waals surface area contributed by atoms with Crippen LogP contribution >= 0.6 is 0 Å². The van der Waals surface area contributed by atoms with Crippen molar-refractivity contribution in [3.63, 3.8) is 0 Å². The average molecular weight is 439 g/mol. The number of benzene rings is 3. The van der Waals surface area contributed by atoms with E-state index in [0.29, 0.717) is 29.3 Å². The summed E-state index contributed by atoms with van der Waals surface area (Å²) in [6.45, 7) is 6.11. The second-order valence-corrected chi connectivity index (χ2v) is 8.66. The van der Waals surface area contributed by atoms with E-state index in [2.05, 4.69) is 10.0 Å². The Labute approximate surface area is 183 Å². The molecule has 0 bridgehead atoms. The minimum absolute atomic E-state index is 0.0535. The lowest BCUT2D eigenvalue weighted by Crippen LogP contribution is -2.17. The van der Waals surface area contributed by atoms with Crippen molar-refractivity contribution < 1.29 is 17.9 Å². The van der Waals surface area contributed by atoms with E-state index in [-0.39, 0.29) is 16.4 Å². The number of ether oxygens (including phenoxy) is 1. The number of amides is 1. The number of anilines is 2. The number of hydrogen-bond donors (Lipinski definition) is 2. The molecule has 0 unspecified atom stereocenters. The summed E-state index contributed by atoms with van der Waals surface area (Å²) in [7, 11) is -3.88. The molecule has 162 valence electrons. The summed E-state index contributed by atoms with van der Waals surface area (Å²) in [6, 6.07) is 18.9. The number of nitrogens with one attached hydrogen (secondary N) is 2. The Morgan fingerprint density at radius 1 is 0.968 bits per heavy atom. The molecule has 0 fully saturated rings. The molecule has 0 radical (unpaired) electrons. The summed E-state index contributed by atoms with van der Waals surface area (Å²) in [5.74, 6) is 0.297. The summed E-state index contributed by atoms with van der Waals surface area (Å²) >= 11 is 0. The fourth-order valence-electron chi connectivity index (χ4n) is 3.17. The van der Waals surface area contributed by atoms with Crippen molar-refractivity contribution >= 4 is 27.3 Å². The van der Waals surface area contributed by atoms with Gasteiger partial charge in [-0.3, -0.25) is 9.52 Å². The van der Waals surface area contributed by atoms with Gasteiger partial charge in [0.2, 0.25) is 0 Å². The number of para-hydroxylation sites is 1. The minimum atomic E-state index is -3.88. The molecule has 0 heterocycles. The lowest BCUT2D eigenvalue weighted by molar-refractivity contribution is 0.102. The highest BCUT2D eigenvalue weighted by molar-refractivity contribution is 7.92. The van der Waals surface area contributed by atoms with Gasteiger partial charge in [-0.25, -0.2) is 8.42 Å². The summed E-state index contributed by atoms with van der Waals surface area (Å²) < 4.78 is 33.9. The molecule has 0 spiro atoms. The molecule has 0 saturated carbocycles. The van der Waals surface area contributed by atoms with E-state index in [9.17, 15) is 13.2 Å². The summed E-state index contributed by atoms with van der Waals surface area (Å²) in [4.78, 5) is 12.8. The van der Waals surface area contributed by atoms with Crippen LogP contribution in [0.2, 0.25) is 0 Å². The lowest BCUT2D eigenvalue weighted by Gasteiger charge is -2.13. The number of carbonyl (C=O) groups is 1. The maximum absolute atomic E-state index is 13.0. The predicted octanol–water partition coefficient (Wildman–Crippen LogP) is 5.01. The van der Waals surface area contributed by atoms with Crippen LogP contribution in [-0.4, -0.2) is 20.9 Å². The third-order valence-corrected chi connectivity index (χ3v) is 6.33. The van der Waals surface area contributed by atoms with Gasteiger partial charge in [-0.2, -0.15) is 0 Å². The van der Waals surface area contributed by atoms with E-state index in [1.807, 2.05) is 38.1 Å². The van der Waals surface area contributed by atoms with E-state index in [4.69, 9.17) is 4.74 Å². The molecular formula is C24H26N2O4S. The Balaban J connectivity index is 1.84. The van der Waals surface area contributed by atoms with Crippen LogP contribution in [0.25, 0.3) is 0 Å². The zero-order chi connectivity index (χ0) is 22.4. The normalized spacial score (nSPS) is 11.1. The Hall–Kier alpha value is -3.32. The molecule has 0 aliphatic rings. The van der Waals surface area contributed by atoms with Crippen LogP contribution < -0.4 is 14.8 Å². The fourth-order valence-corrected chi connectivity index (χ4v) is 4.50. The topological polar surface area (TPSA) is 84.5 Å². The monoisotopic (exact) mass is 438 g/mol. The summed E-state index contributed by atoms with van der Waals surface area (Å²) in [5.41, 5.74) is 2.95. The Bertz CT molecular complexity index is 1170. The van der Waals surface area contributed by atoms with Crippen molar-refractivity contribution in [3.05, 3.63) is 83.4 Å². The van der Waals surface area contributed by atoms with Crippen molar-refractivity contribution in [1.29, 1.82) is 0 Å². The molecule has 0 atom stereocenters. The number of sulfonamides is 1. The Kier molecular flexibility index (Phi) is 6.97. The van der Waals surface area contributed by atoms with Crippen LogP contribution in [0.15, 0.2) is 71.6 Å².